The van der Waals surface area contributed by atoms with Crippen molar-refractivity contribution >= 4 is 11.8 Å². The zero-order valence-electron chi connectivity index (χ0n) is 22.5. The Bertz CT molecular complexity index is 1340. The summed E-state index contributed by atoms with van der Waals surface area (Å²) in [6, 6.07) is 10.8. The number of hydroxylamine groups is 2. The third-order valence-electron chi connectivity index (χ3n) is 7.18. The van der Waals surface area contributed by atoms with Crippen LogP contribution in [0.2, 0.25) is 0 Å². The Morgan fingerprint density at radius 3 is 2.61 bits per heavy atom. The number of hydrogen-bond donors (Lipinski definition) is 3. The average molecular weight is 577 g/mol. The van der Waals surface area contributed by atoms with Crippen molar-refractivity contribution in [3.63, 3.8) is 0 Å². The van der Waals surface area contributed by atoms with Gasteiger partial charge in [0.05, 0.1) is 30.4 Å². The van der Waals surface area contributed by atoms with Gasteiger partial charge in [0.1, 0.15) is 11.9 Å². The highest BCUT2D eigenvalue weighted by Crippen LogP contribution is 2.32. The average Bonchev–Trinajstić information content (AvgIpc) is 3.49. The number of halogens is 4. The summed E-state index contributed by atoms with van der Waals surface area (Å²) >= 11 is 0. The third-order valence-corrected chi connectivity index (χ3v) is 7.18. The molecule has 0 aliphatic carbocycles. The molecule has 2 amide bonds. The number of aromatic nitrogens is 2. The Balaban J connectivity index is 1.35. The van der Waals surface area contributed by atoms with Crippen molar-refractivity contribution in [3.05, 3.63) is 71.3 Å². The minimum Gasteiger partial charge on any atom is -0.476 e. The number of carbonyl (C=O) groups is 1. The maximum atomic E-state index is 14.0. The van der Waals surface area contributed by atoms with Gasteiger partial charge in [-0.1, -0.05) is 24.3 Å². The highest BCUT2D eigenvalue weighted by Gasteiger charge is 2.38. The first-order valence-electron chi connectivity index (χ1n) is 13.5. The van der Waals surface area contributed by atoms with Crippen LogP contribution in [-0.4, -0.2) is 66.1 Å². The second-order valence-electron chi connectivity index (χ2n) is 10.2. The summed E-state index contributed by atoms with van der Waals surface area (Å²) in [6.07, 6.45) is -1.72. The summed E-state index contributed by atoms with van der Waals surface area (Å²) in [5.74, 6) is -1.03. The molecule has 5 rings (SSSR count). The van der Waals surface area contributed by atoms with Crippen molar-refractivity contribution in [1.82, 2.24) is 25.5 Å². The van der Waals surface area contributed by atoms with E-state index in [4.69, 9.17) is 9.57 Å². The van der Waals surface area contributed by atoms with Gasteiger partial charge in [-0.15, -0.1) is 5.10 Å². The molecule has 13 heteroatoms. The zero-order valence-corrected chi connectivity index (χ0v) is 22.5. The summed E-state index contributed by atoms with van der Waals surface area (Å²) in [5.41, 5.74) is 1.50. The first-order chi connectivity index (χ1) is 19.8. The molecule has 2 aromatic carbocycles. The van der Waals surface area contributed by atoms with Gasteiger partial charge < -0.3 is 15.4 Å². The number of amides is 2. The summed E-state index contributed by atoms with van der Waals surface area (Å²) in [6.45, 7) is 3.34. The van der Waals surface area contributed by atoms with E-state index in [1.54, 1.807) is 11.6 Å². The first kappa shape index (κ1) is 28.8. The van der Waals surface area contributed by atoms with E-state index >= 15 is 0 Å². The molecule has 0 bridgehead atoms. The van der Waals surface area contributed by atoms with Gasteiger partial charge in [-0.2, -0.15) is 5.06 Å². The fourth-order valence-electron chi connectivity index (χ4n) is 5.04. The first-order valence-corrected chi connectivity index (χ1v) is 13.5. The molecule has 2 saturated heterocycles. The molecule has 2 aliphatic rings. The number of alkyl halides is 2. The molecule has 0 unspecified atom stereocenters. The number of rotatable bonds is 9. The van der Waals surface area contributed by atoms with E-state index < -0.39 is 42.8 Å². The molecule has 0 spiro atoms. The van der Waals surface area contributed by atoms with Crippen molar-refractivity contribution < 1.29 is 31.9 Å². The van der Waals surface area contributed by atoms with E-state index in [1.807, 2.05) is 30.3 Å². The largest absolute Gasteiger partial charge is 0.476 e. The lowest BCUT2D eigenvalue weighted by Gasteiger charge is -2.22. The van der Waals surface area contributed by atoms with Gasteiger partial charge in [0.25, 0.3) is 6.43 Å². The lowest BCUT2D eigenvalue weighted by atomic mass is 9.99. The van der Waals surface area contributed by atoms with Crippen LogP contribution in [0.15, 0.2) is 48.5 Å². The van der Waals surface area contributed by atoms with Gasteiger partial charge in [0.15, 0.2) is 11.6 Å². The molecular formula is C28H32F4N6O3. The quantitative estimate of drug-likeness (QED) is 0.323. The molecule has 1 aromatic heterocycles. The van der Waals surface area contributed by atoms with E-state index in [-0.39, 0.29) is 12.1 Å². The number of anilines is 1. The summed E-state index contributed by atoms with van der Waals surface area (Å²) in [5, 5.41) is 14.5. The molecule has 3 aromatic rings. The molecule has 2 fully saturated rings. The van der Waals surface area contributed by atoms with Gasteiger partial charge in [-0.3, -0.25) is 10.2 Å². The number of hydrogen-bond acceptors (Lipinski definition) is 6. The lowest BCUT2D eigenvalue weighted by Crippen LogP contribution is -2.42. The minimum absolute atomic E-state index is 0.0943. The molecule has 2 aliphatic heterocycles. The van der Waals surface area contributed by atoms with E-state index in [0.717, 1.165) is 43.1 Å². The highest BCUT2D eigenvalue weighted by molar-refractivity contribution is 5.90. The Morgan fingerprint density at radius 2 is 1.90 bits per heavy atom. The van der Waals surface area contributed by atoms with Crippen LogP contribution in [0, 0.1) is 24.5 Å². The maximum Gasteiger partial charge on any atom is 0.320 e. The minimum atomic E-state index is -2.70. The number of para-hydroxylation sites is 1. The number of urea groups is 1. The van der Waals surface area contributed by atoms with E-state index in [9.17, 15) is 22.4 Å². The Morgan fingerprint density at radius 1 is 1.15 bits per heavy atom. The second kappa shape index (κ2) is 12.9. The molecule has 3 heterocycles. The smallest absolute Gasteiger partial charge is 0.320 e. The van der Waals surface area contributed by atoms with Crippen LogP contribution < -0.4 is 20.7 Å². The SMILES string of the molecule is Cc1c(OCC2CCNCC2)nn(-c2ccccc2)c1NC(=O)N[C@@H]1CN(CC(F)F)O[C@H]1c1ccc(F)c(F)c1. The molecule has 9 nitrogen and oxygen atoms in total. The van der Waals surface area contributed by atoms with Crippen molar-refractivity contribution in [2.75, 3.05) is 38.1 Å². The number of nitrogens with one attached hydrogen (secondary N) is 3. The fraction of sp³-hybridized carbons (Fsp3) is 0.429. The van der Waals surface area contributed by atoms with E-state index in [1.165, 1.54) is 6.07 Å². The van der Waals surface area contributed by atoms with Crippen LogP contribution in [-0.2, 0) is 4.84 Å². The molecule has 220 valence electrons. The summed E-state index contributed by atoms with van der Waals surface area (Å²) in [4.78, 5) is 18.9. The number of benzene rings is 2. The highest BCUT2D eigenvalue weighted by atomic mass is 19.3. The predicted octanol–water partition coefficient (Wildman–Crippen LogP) is 4.58. The predicted molar refractivity (Wildman–Crippen MR) is 143 cm³/mol. The van der Waals surface area contributed by atoms with Crippen molar-refractivity contribution in [2.45, 2.75) is 38.3 Å². The third kappa shape index (κ3) is 6.97. The normalized spacial score (nSPS) is 20.0. The zero-order chi connectivity index (χ0) is 28.9. The van der Waals surface area contributed by atoms with Crippen molar-refractivity contribution in [1.29, 1.82) is 0 Å². The van der Waals surface area contributed by atoms with Crippen LogP contribution in [0.5, 0.6) is 5.88 Å². The topological polar surface area (TPSA) is 92.7 Å². The lowest BCUT2D eigenvalue weighted by molar-refractivity contribution is -0.166. The number of ether oxygens (including phenoxy) is 1. The molecule has 2 atom stereocenters. The van der Waals surface area contributed by atoms with Gasteiger partial charge in [0.2, 0.25) is 5.88 Å². The standard InChI is InChI=1S/C28H32F4N6O3/c1-17-26(38(20-5-3-2-4-6-20)36-27(17)40-16-18-9-11-33-12-10-18)35-28(39)34-23-14-37(15-24(31)32)41-25(23)19-7-8-21(29)22(30)13-19/h2-8,13,18,23-25,33H,9-12,14-16H2,1H3,(H2,34,35,39)/t23-,25+/m1/s1. The Labute approximate surface area is 234 Å². The van der Waals surface area contributed by atoms with Crippen molar-refractivity contribution in [3.8, 4) is 11.6 Å². The molecule has 0 radical (unpaired) electrons. The van der Waals surface area contributed by atoms with Crippen LogP contribution in [0.25, 0.3) is 5.69 Å². The maximum absolute atomic E-state index is 14.0. The van der Waals surface area contributed by atoms with E-state index in [2.05, 4.69) is 21.0 Å². The number of piperidine rings is 1. The Hall–Kier alpha value is -3.68. The van der Waals surface area contributed by atoms with Gasteiger partial charge in [-0.25, -0.2) is 27.0 Å². The fourth-order valence-corrected chi connectivity index (χ4v) is 5.04. The second-order valence-corrected chi connectivity index (χ2v) is 10.2. The van der Waals surface area contributed by atoms with Crippen LogP contribution >= 0.6 is 0 Å². The molecular weight excluding hydrogens is 544 g/mol. The Kier molecular flexibility index (Phi) is 9.06. The van der Waals surface area contributed by atoms with Gasteiger partial charge in [0, 0.05) is 6.54 Å². The van der Waals surface area contributed by atoms with Crippen LogP contribution in [0.3, 0.4) is 0 Å². The van der Waals surface area contributed by atoms with Crippen LogP contribution in [0.4, 0.5) is 28.2 Å². The number of nitrogens with zero attached hydrogens (tertiary/aromatic N) is 3. The summed E-state index contributed by atoms with van der Waals surface area (Å²) in [7, 11) is 0. The molecule has 0 saturated carbocycles. The molecule has 41 heavy (non-hydrogen) atoms. The van der Waals surface area contributed by atoms with Crippen LogP contribution in [0.1, 0.15) is 30.1 Å². The van der Waals surface area contributed by atoms with Gasteiger partial charge in [-0.05, 0) is 68.6 Å². The van der Waals surface area contributed by atoms with Crippen molar-refractivity contribution in [2.24, 2.45) is 5.92 Å². The van der Waals surface area contributed by atoms with E-state index in [0.29, 0.717) is 35.5 Å². The summed E-state index contributed by atoms with van der Waals surface area (Å²) < 4.78 is 61.3. The van der Waals surface area contributed by atoms with Gasteiger partial charge >= 0.3 is 6.03 Å². The monoisotopic (exact) mass is 576 g/mol. The number of carbonyl (C=O) groups excluding carboxylic acids is 1. The molecule has 3 N–H and O–H groups in total.